The van der Waals surface area contributed by atoms with Crippen molar-refractivity contribution in [3.63, 3.8) is 0 Å². The van der Waals surface area contributed by atoms with Gasteiger partial charge in [-0.2, -0.15) is 0 Å². The second-order valence-electron chi connectivity index (χ2n) is 42.1. The van der Waals surface area contributed by atoms with Crippen molar-refractivity contribution < 1.29 is 46.9 Å². The predicted molar refractivity (Wildman–Crippen MR) is 582 cm³/mol. The molecule has 10 aromatic carbocycles. The molecule has 0 aromatic heterocycles. The summed E-state index contributed by atoms with van der Waals surface area (Å²) in [4.78, 5) is 44.2. The van der Waals surface area contributed by atoms with E-state index in [1.807, 2.05) is 24.3 Å². The van der Waals surface area contributed by atoms with Crippen molar-refractivity contribution in [2.24, 2.45) is 23.5 Å². The van der Waals surface area contributed by atoms with E-state index in [4.69, 9.17) is 36.3 Å². The van der Waals surface area contributed by atoms with Crippen molar-refractivity contribution in [2.75, 3.05) is 84.5 Å². The Morgan fingerprint density at radius 3 is 0.923 bits per heavy atom. The first-order chi connectivity index (χ1) is 70.0. The lowest BCUT2D eigenvalue weighted by atomic mass is 9.82. The molecule has 4 unspecified atom stereocenters. The number of hydrogen-bond acceptors (Lipinski definition) is 15. The van der Waals surface area contributed by atoms with Crippen LogP contribution in [0.2, 0.25) is 0 Å². The van der Waals surface area contributed by atoms with Gasteiger partial charge in [-0.3, -0.25) is 34.0 Å². The highest BCUT2D eigenvalue weighted by Gasteiger charge is 2.36. The fourth-order valence-corrected chi connectivity index (χ4v) is 24.1. The minimum Gasteiger partial charge on any atom is -0.393 e. The van der Waals surface area contributed by atoms with Gasteiger partial charge in [-0.05, 0) is 252 Å². The van der Waals surface area contributed by atoms with Crippen molar-refractivity contribution in [2.45, 2.75) is 290 Å². The number of likely N-dealkylation sites (tertiary alicyclic amines) is 4. The fourth-order valence-electron chi connectivity index (χ4n) is 23.0. The van der Waals surface area contributed by atoms with Crippen LogP contribution < -0.4 is 10.5 Å². The number of nitrogens with one attached hydrogen (secondary N) is 1. The maximum Gasteiger partial charge on any atom is 0.208 e. The average Bonchev–Trinajstić information content (AvgIpc) is 0.831. The number of Topliss-reactive ketones (excluding diaryl/α,β-unsaturated/α-hetero) is 3. The molecule has 6 aliphatic carbocycles. The molecule has 10 aliphatic rings. The third-order valence-corrected chi connectivity index (χ3v) is 32.4. The van der Waals surface area contributed by atoms with Crippen molar-refractivity contribution in [1.29, 1.82) is 0 Å². The van der Waals surface area contributed by atoms with E-state index in [9.17, 15) is 27.9 Å². The molecule has 10 aromatic rings. The molecule has 4 aliphatic heterocycles. The Labute approximate surface area is 861 Å². The summed E-state index contributed by atoms with van der Waals surface area (Å²) in [5.74, 6) is 5.90. The lowest BCUT2D eigenvalue weighted by molar-refractivity contribution is -0.130. The molecular formula is C125H163ClN6O10S. The summed E-state index contributed by atoms with van der Waals surface area (Å²) in [6.45, 7) is 13.3. The number of alkyl halides is 1. The number of ketones is 3. The highest BCUT2D eigenvalue weighted by Crippen LogP contribution is 2.41. The molecule has 766 valence electrons. The largest absolute Gasteiger partial charge is 0.393 e. The first kappa shape index (κ1) is 110. The highest BCUT2D eigenvalue weighted by atomic mass is 35.5. The second kappa shape index (κ2) is 60.3. The van der Waals surface area contributed by atoms with Crippen LogP contribution in [0.25, 0.3) is 0 Å². The Morgan fingerprint density at radius 1 is 0.308 bits per heavy atom. The number of aliphatic hydroxyl groups excluding tert-OH is 1. The van der Waals surface area contributed by atoms with Crippen LogP contribution in [0.4, 0.5) is 0 Å². The molecule has 6 saturated carbocycles. The van der Waals surface area contributed by atoms with Gasteiger partial charge in [0.15, 0.2) is 0 Å². The molecule has 4 N–H and O–H groups in total. The molecule has 20 rings (SSSR count). The molecule has 4 saturated heterocycles. The topological polar surface area (TPSA) is 194 Å². The molecule has 0 radical (unpaired) electrons. The summed E-state index contributed by atoms with van der Waals surface area (Å²) in [6.07, 6.45) is 33.1. The van der Waals surface area contributed by atoms with Crippen LogP contribution in [-0.2, 0) is 69.5 Å². The van der Waals surface area contributed by atoms with Gasteiger partial charge in [0, 0.05) is 128 Å². The maximum absolute atomic E-state index is 12.4. The maximum atomic E-state index is 12.4. The highest BCUT2D eigenvalue weighted by molar-refractivity contribution is 7.88. The zero-order valence-electron chi connectivity index (χ0n) is 85.2. The second-order valence-corrected chi connectivity index (χ2v) is 44.1. The zero-order chi connectivity index (χ0) is 99.3. The Kier molecular flexibility index (Phi) is 46.3. The van der Waals surface area contributed by atoms with E-state index in [0.29, 0.717) is 96.9 Å². The number of nitrogens with two attached hydrogens (primary N) is 1. The Bertz CT molecular complexity index is 5250. The normalized spacial score (nSPS) is 25.8. The van der Waals surface area contributed by atoms with Crippen LogP contribution in [0, 0.1) is 17.8 Å². The number of rotatable bonds is 27. The standard InChI is InChI=1S/C26H36N2O3S.C25H34N2O.C25H31NO2.C13H17ClO.C12H15NO.C12H16O.C12H14O/c1-32(29,30)27-26-16-17-28(18-21-8-4-2-5-9-21)19-24(26)20-31-25-14-12-23(13-15-25)22-10-6-3-7-11-22;26-25-15-16-27(17-20-7-3-1-4-8-20)18-23(25)19-28-24-13-11-22(12-14-24)21-9-5-2-6-10-21;27-25-15-16-26(17-20-7-3-1-4-8-20)18-23(25)19-28-24-13-11-22(12-14-24)21-9-5-2-6-10-21;14-10-15-13-8-6-12(7-9-13)11-4-2-1-3-5-11;14-12-6-8-13(9-7-12)10-11-4-2-1-3-5-11;2*13-12-8-6-11(7-9-12)10-4-2-1-3-5-10/h2-11,23-27H,12-20H2,1H3;1-10,22-25H,11-19,26H2;1-10,22-24H,11-19H2;1-5,12-13H,6-10H2;1-5H,6-10H2;1-5,11-13H,6-9H2;1-5,11H,6-9H2/t23?,24?,25?,26-;;;;;;/m0....../s1. The van der Waals surface area contributed by atoms with Crippen molar-refractivity contribution in [3.05, 3.63) is 359 Å². The average molecular weight is 1980 g/mol. The SMILES string of the molecule is CS(=O)(=O)N[C@H]1CCN(Cc2ccccc2)CC1COC1CCC(c2ccccc2)CC1.ClCOC1CCC(c2ccccc2)CC1.NC1CCN(Cc2ccccc2)CC1COC1CCC(c2ccccc2)CC1.O=C1CCC(c2ccccc2)CC1.O=C1CCN(Cc2ccccc2)CC1.O=C1CCN(Cc2ccccc2)CC1COC1CCC(c2ccccc2)CC1.OC1CCC(c2ccccc2)CC1. The summed E-state index contributed by atoms with van der Waals surface area (Å²) in [5.41, 5.74) is 20.5. The van der Waals surface area contributed by atoms with Gasteiger partial charge in [0.2, 0.25) is 10.0 Å². The summed E-state index contributed by atoms with van der Waals surface area (Å²) < 4.78 is 51.1. The molecule has 16 nitrogen and oxygen atoms in total. The number of ether oxygens (including phenoxy) is 4. The van der Waals surface area contributed by atoms with Gasteiger partial charge in [0.1, 0.15) is 23.4 Å². The van der Waals surface area contributed by atoms with Gasteiger partial charge in [0.25, 0.3) is 0 Å². The lowest BCUT2D eigenvalue weighted by Gasteiger charge is -2.39. The fraction of sp³-hybridized carbons (Fsp3) is 0.496. The quantitative estimate of drug-likeness (QED) is 0.0411. The van der Waals surface area contributed by atoms with Gasteiger partial charge < -0.3 is 29.8 Å². The van der Waals surface area contributed by atoms with Gasteiger partial charge in [-0.15, -0.1) is 0 Å². The van der Waals surface area contributed by atoms with Crippen molar-refractivity contribution in [3.8, 4) is 0 Å². The number of piperidine rings is 4. The first-order valence-corrected chi connectivity index (χ1v) is 56.7. The number of nitrogens with zero attached hydrogens (tertiary/aromatic N) is 4. The number of halogens is 1. The Morgan fingerprint density at radius 2 is 0.580 bits per heavy atom. The molecule has 143 heavy (non-hydrogen) atoms. The minimum absolute atomic E-state index is 0.0318. The molecule has 4 heterocycles. The number of carbonyl (C=O) groups excluding carboxylic acids is 3. The third kappa shape index (κ3) is 38.7. The molecule has 0 bridgehead atoms. The van der Waals surface area contributed by atoms with Crippen LogP contribution in [0.5, 0.6) is 0 Å². The Hall–Kier alpha value is -8.99. The van der Waals surface area contributed by atoms with Crippen LogP contribution in [0.3, 0.4) is 0 Å². The van der Waals surface area contributed by atoms with Gasteiger partial charge in [-0.1, -0.05) is 315 Å². The van der Waals surface area contributed by atoms with Crippen LogP contribution >= 0.6 is 11.6 Å². The molecule has 5 atom stereocenters. The number of hydrogen-bond donors (Lipinski definition) is 3. The van der Waals surface area contributed by atoms with Gasteiger partial charge >= 0.3 is 0 Å². The molecule has 0 spiro atoms. The van der Waals surface area contributed by atoms with E-state index in [-0.39, 0.29) is 36.1 Å². The van der Waals surface area contributed by atoms with E-state index in [0.717, 1.165) is 219 Å². The summed E-state index contributed by atoms with van der Waals surface area (Å²) >= 11 is 5.57. The van der Waals surface area contributed by atoms with Crippen LogP contribution in [0.1, 0.15) is 277 Å². The number of aliphatic hydroxyl groups is 1. The van der Waals surface area contributed by atoms with Crippen molar-refractivity contribution in [1.82, 2.24) is 24.3 Å². The van der Waals surface area contributed by atoms with Crippen LogP contribution in [0.15, 0.2) is 303 Å². The monoisotopic (exact) mass is 1980 g/mol. The minimum atomic E-state index is -3.24. The summed E-state index contributed by atoms with van der Waals surface area (Å²) in [5, 5.41) is 9.37. The molecule has 0 amide bonds. The van der Waals surface area contributed by atoms with E-state index in [2.05, 4.69) is 303 Å². The Balaban J connectivity index is 0.000000136. The molecule has 18 heteroatoms. The molecular weight excluding hydrogens is 1810 g/mol. The van der Waals surface area contributed by atoms with Gasteiger partial charge in [-0.25, -0.2) is 13.1 Å². The summed E-state index contributed by atoms with van der Waals surface area (Å²) in [6, 6.07) is 107. The third-order valence-electron chi connectivity index (χ3n) is 31.6. The summed E-state index contributed by atoms with van der Waals surface area (Å²) in [7, 11) is -3.24. The number of benzene rings is 10. The van der Waals surface area contributed by atoms with E-state index in [1.165, 1.54) is 113 Å². The predicted octanol–water partition coefficient (Wildman–Crippen LogP) is 25.0. The van der Waals surface area contributed by atoms with E-state index >= 15 is 0 Å². The zero-order valence-corrected chi connectivity index (χ0v) is 86.8. The van der Waals surface area contributed by atoms with Crippen LogP contribution in [-0.4, -0.2) is 178 Å². The lowest BCUT2D eigenvalue weighted by Crippen LogP contribution is -2.52. The number of sulfonamides is 1. The van der Waals surface area contributed by atoms with E-state index in [1.54, 1.807) is 0 Å². The smallest absolute Gasteiger partial charge is 0.208 e. The van der Waals surface area contributed by atoms with Crippen molar-refractivity contribution >= 4 is 39.0 Å². The number of carbonyl (C=O) groups is 3. The molecule has 10 fully saturated rings. The first-order valence-electron chi connectivity index (χ1n) is 54.3. The van der Waals surface area contributed by atoms with E-state index < -0.39 is 10.0 Å². The van der Waals surface area contributed by atoms with Gasteiger partial charge in [0.05, 0.1) is 62.5 Å².